The maximum absolute atomic E-state index is 8.19. The first-order valence-corrected chi connectivity index (χ1v) is 3.10. The van der Waals surface area contributed by atoms with Crippen molar-refractivity contribution >= 4 is 12.2 Å². The van der Waals surface area contributed by atoms with E-state index in [0.29, 0.717) is 5.82 Å². The summed E-state index contributed by atoms with van der Waals surface area (Å²) in [7, 11) is 0. The molecule has 0 fully saturated rings. The molecule has 0 aliphatic rings. The largest absolute Gasteiger partial charge is 0.339 e. The van der Waals surface area contributed by atoms with E-state index in [1.807, 2.05) is 6.07 Å². The molecule has 0 spiro atoms. The van der Waals surface area contributed by atoms with Crippen molar-refractivity contribution < 1.29 is 0 Å². The molecular weight excluding hydrogens is 138 g/mol. The first-order chi connectivity index (χ1) is 5.36. The zero-order valence-corrected chi connectivity index (χ0v) is 5.91. The Bertz CT molecular complexity index is 314. The van der Waals surface area contributed by atoms with Crippen LogP contribution < -0.4 is 0 Å². The van der Waals surface area contributed by atoms with Gasteiger partial charge in [0.15, 0.2) is 0 Å². The summed E-state index contributed by atoms with van der Waals surface area (Å²) in [5.74, 6) is 0.668. The van der Waals surface area contributed by atoms with Gasteiger partial charge in [0.25, 0.3) is 0 Å². The molecule has 0 aliphatic carbocycles. The SMILES string of the molecule is C=Cc1cnc(C=CC#N)[nH]1. The number of hydrogen-bond acceptors (Lipinski definition) is 2. The molecule has 0 saturated carbocycles. The maximum atomic E-state index is 8.19. The van der Waals surface area contributed by atoms with E-state index in [1.165, 1.54) is 6.08 Å². The molecule has 0 bridgehead atoms. The van der Waals surface area contributed by atoms with Crippen LogP contribution in [0.15, 0.2) is 18.9 Å². The Labute approximate surface area is 64.7 Å². The molecule has 1 aromatic heterocycles. The second-order valence-corrected chi connectivity index (χ2v) is 1.89. The van der Waals surface area contributed by atoms with E-state index in [4.69, 9.17) is 5.26 Å². The Morgan fingerprint density at radius 3 is 3.09 bits per heavy atom. The summed E-state index contributed by atoms with van der Waals surface area (Å²) in [5.41, 5.74) is 0.850. The van der Waals surface area contributed by atoms with Gasteiger partial charge in [-0.3, -0.25) is 0 Å². The highest BCUT2D eigenvalue weighted by molar-refractivity contribution is 5.48. The normalized spacial score (nSPS) is 9.73. The summed E-state index contributed by atoms with van der Waals surface area (Å²) in [5, 5.41) is 8.19. The van der Waals surface area contributed by atoms with E-state index in [-0.39, 0.29) is 0 Å². The number of nitrogens with one attached hydrogen (secondary N) is 1. The van der Waals surface area contributed by atoms with E-state index < -0.39 is 0 Å². The van der Waals surface area contributed by atoms with Gasteiger partial charge in [-0.1, -0.05) is 6.58 Å². The lowest BCUT2D eigenvalue weighted by Gasteiger charge is -1.79. The van der Waals surface area contributed by atoms with Crippen LogP contribution in [-0.4, -0.2) is 9.97 Å². The molecule has 3 nitrogen and oxygen atoms in total. The van der Waals surface area contributed by atoms with Gasteiger partial charge < -0.3 is 4.98 Å². The Balaban J connectivity index is 2.82. The number of aromatic amines is 1. The predicted molar refractivity (Wildman–Crippen MR) is 43.3 cm³/mol. The van der Waals surface area contributed by atoms with Crippen molar-refractivity contribution in [2.24, 2.45) is 0 Å². The number of imidazole rings is 1. The van der Waals surface area contributed by atoms with Gasteiger partial charge in [-0.05, 0) is 12.2 Å². The van der Waals surface area contributed by atoms with Crippen LogP contribution in [0.2, 0.25) is 0 Å². The maximum Gasteiger partial charge on any atom is 0.131 e. The lowest BCUT2D eigenvalue weighted by Crippen LogP contribution is -1.73. The minimum atomic E-state index is 0.668. The highest BCUT2D eigenvalue weighted by Crippen LogP contribution is 1.99. The van der Waals surface area contributed by atoms with Crippen LogP contribution in [0.4, 0.5) is 0 Å². The van der Waals surface area contributed by atoms with E-state index in [9.17, 15) is 0 Å². The molecule has 1 heterocycles. The molecule has 11 heavy (non-hydrogen) atoms. The van der Waals surface area contributed by atoms with Gasteiger partial charge in [-0.15, -0.1) is 0 Å². The summed E-state index contributed by atoms with van der Waals surface area (Å²) in [6.45, 7) is 3.56. The molecule has 54 valence electrons. The number of aromatic nitrogens is 2. The minimum absolute atomic E-state index is 0.668. The number of allylic oxidation sites excluding steroid dienone is 1. The molecule has 1 rings (SSSR count). The summed E-state index contributed by atoms with van der Waals surface area (Å²) in [6, 6.07) is 1.88. The number of H-pyrrole nitrogens is 1. The van der Waals surface area contributed by atoms with Crippen LogP contribution >= 0.6 is 0 Å². The number of nitrogens with zero attached hydrogens (tertiary/aromatic N) is 2. The van der Waals surface area contributed by atoms with Crippen LogP contribution in [-0.2, 0) is 0 Å². The van der Waals surface area contributed by atoms with Gasteiger partial charge in [0.1, 0.15) is 5.82 Å². The van der Waals surface area contributed by atoms with Crippen molar-refractivity contribution in [3.63, 3.8) is 0 Å². The quantitative estimate of drug-likeness (QED) is 0.642. The van der Waals surface area contributed by atoms with Gasteiger partial charge in [-0.25, -0.2) is 4.98 Å². The van der Waals surface area contributed by atoms with Crippen molar-refractivity contribution in [2.75, 3.05) is 0 Å². The molecule has 0 amide bonds. The number of hydrogen-bond donors (Lipinski definition) is 1. The van der Waals surface area contributed by atoms with Crippen molar-refractivity contribution in [3.8, 4) is 6.07 Å². The summed E-state index contributed by atoms with van der Waals surface area (Å²) in [6.07, 6.45) is 6.29. The van der Waals surface area contributed by atoms with Gasteiger partial charge in [-0.2, -0.15) is 5.26 Å². The van der Waals surface area contributed by atoms with E-state index in [1.54, 1.807) is 18.3 Å². The summed E-state index contributed by atoms with van der Waals surface area (Å²) < 4.78 is 0. The fourth-order valence-electron chi connectivity index (χ4n) is 0.656. The second-order valence-electron chi connectivity index (χ2n) is 1.89. The molecule has 3 heteroatoms. The molecule has 0 aromatic carbocycles. The lowest BCUT2D eigenvalue weighted by molar-refractivity contribution is 1.26. The first-order valence-electron chi connectivity index (χ1n) is 3.10. The highest BCUT2D eigenvalue weighted by atomic mass is 14.9. The van der Waals surface area contributed by atoms with Crippen LogP contribution in [0, 0.1) is 11.3 Å². The van der Waals surface area contributed by atoms with E-state index in [2.05, 4.69) is 16.5 Å². The molecule has 0 saturated heterocycles. The zero-order valence-electron chi connectivity index (χ0n) is 5.91. The number of rotatable bonds is 2. The molecule has 1 N–H and O–H groups in total. The predicted octanol–water partition coefficient (Wildman–Crippen LogP) is 1.59. The van der Waals surface area contributed by atoms with Crippen LogP contribution in [0.1, 0.15) is 11.5 Å². The Hall–Kier alpha value is -1.82. The fourth-order valence-corrected chi connectivity index (χ4v) is 0.656. The summed E-state index contributed by atoms with van der Waals surface area (Å²) in [4.78, 5) is 6.89. The Kier molecular flexibility index (Phi) is 2.24. The average molecular weight is 145 g/mol. The lowest BCUT2D eigenvalue weighted by atomic mass is 10.5. The van der Waals surface area contributed by atoms with Gasteiger partial charge >= 0.3 is 0 Å². The average Bonchev–Trinajstić information content (AvgIpc) is 2.48. The van der Waals surface area contributed by atoms with E-state index >= 15 is 0 Å². The molecule has 0 atom stereocenters. The van der Waals surface area contributed by atoms with E-state index in [0.717, 1.165) is 5.69 Å². The molecule has 0 unspecified atom stereocenters. The van der Waals surface area contributed by atoms with Crippen molar-refractivity contribution in [3.05, 3.63) is 30.4 Å². The third kappa shape index (κ3) is 1.80. The van der Waals surface area contributed by atoms with Gasteiger partial charge in [0, 0.05) is 6.08 Å². The third-order valence-electron chi connectivity index (χ3n) is 1.15. The monoisotopic (exact) mass is 145 g/mol. The topological polar surface area (TPSA) is 52.5 Å². The molecular formula is C8H7N3. The molecule has 0 aliphatic heterocycles. The van der Waals surface area contributed by atoms with Crippen LogP contribution in [0.25, 0.3) is 12.2 Å². The standard InChI is InChI=1S/C8H7N3/c1-2-7-6-10-8(11-7)4-3-5-9/h2-4,6H,1H2,(H,10,11). The minimum Gasteiger partial charge on any atom is -0.339 e. The van der Waals surface area contributed by atoms with Gasteiger partial charge in [0.2, 0.25) is 0 Å². The summed E-state index contributed by atoms with van der Waals surface area (Å²) >= 11 is 0. The third-order valence-corrected chi connectivity index (χ3v) is 1.15. The number of nitriles is 1. The zero-order chi connectivity index (χ0) is 8.10. The smallest absolute Gasteiger partial charge is 0.131 e. The highest BCUT2D eigenvalue weighted by Gasteiger charge is 1.90. The molecule has 1 aromatic rings. The fraction of sp³-hybridized carbons (Fsp3) is 0. The Morgan fingerprint density at radius 1 is 1.73 bits per heavy atom. The van der Waals surface area contributed by atoms with Crippen molar-refractivity contribution in [1.29, 1.82) is 5.26 Å². The Morgan fingerprint density at radius 2 is 2.55 bits per heavy atom. The van der Waals surface area contributed by atoms with Crippen molar-refractivity contribution in [1.82, 2.24) is 9.97 Å². The van der Waals surface area contributed by atoms with Crippen molar-refractivity contribution in [2.45, 2.75) is 0 Å². The van der Waals surface area contributed by atoms with Gasteiger partial charge in [0.05, 0.1) is 18.0 Å². The first kappa shape index (κ1) is 7.29. The van der Waals surface area contributed by atoms with Crippen LogP contribution in [0.5, 0.6) is 0 Å². The van der Waals surface area contributed by atoms with Crippen LogP contribution in [0.3, 0.4) is 0 Å². The molecule has 0 radical (unpaired) electrons. The second kappa shape index (κ2) is 3.37.